The minimum absolute atomic E-state index is 0.373. The van der Waals surface area contributed by atoms with Crippen molar-refractivity contribution in [1.29, 1.82) is 0 Å². The van der Waals surface area contributed by atoms with Gasteiger partial charge in [-0.15, -0.1) is 23.1 Å². The smallest absolute Gasteiger partial charge is 0.249 e. The van der Waals surface area contributed by atoms with Gasteiger partial charge in [0.05, 0.1) is 5.56 Å². The average molecular weight is 278 g/mol. The van der Waals surface area contributed by atoms with Gasteiger partial charge in [0.1, 0.15) is 0 Å². The van der Waals surface area contributed by atoms with Crippen molar-refractivity contribution < 1.29 is 4.79 Å². The summed E-state index contributed by atoms with van der Waals surface area (Å²) >= 11 is 3.25. The second-order valence-corrected chi connectivity index (χ2v) is 5.63. The van der Waals surface area contributed by atoms with Gasteiger partial charge in [0.25, 0.3) is 0 Å². The predicted octanol–water partition coefficient (Wildman–Crippen LogP) is 3.18. The van der Waals surface area contributed by atoms with Gasteiger partial charge in [0.15, 0.2) is 0 Å². The van der Waals surface area contributed by atoms with Gasteiger partial charge in [0.2, 0.25) is 5.91 Å². The van der Waals surface area contributed by atoms with Crippen LogP contribution in [0.4, 0.5) is 5.69 Å². The first-order valence-corrected chi connectivity index (χ1v) is 7.54. The molecule has 0 aliphatic heterocycles. The molecule has 0 radical (unpaired) electrons. The minimum Gasteiger partial charge on any atom is -0.380 e. The highest BCUT2D eigenvalue weighted by Crippen LogP contribution is 2.21. The molecule has 2 rings (SSSR count). The third kappa shape index (κ3) is 3.27. The van der Waals surface area contributed by atoms with E-state index in [4.69, 9.17) is 5.73 Å². The van der Waals surface area contributed by atoms with Gasteiger partial charge in [-0.3, -0.25) is 4.79 Å². The second kappa shape index (κ2) is 5.93. The maximum atomic E-state index is 11.0. The number of carbonyl (C=O) groups is 1. The first-order chi connectivity index (χ1) is 8.69. The van der Waals surface area contributed by atoms with Crippen LogP contribution in [0.3, 0.4) is 0 Å². The summed E-state index contributed by atoms with van der Waals surface area (Å²) < 4.78 is 0. The van der Waals surface area contributed by atoms with Crippen molar-refractivity contribution in [3.63, 3.8) is 0 Å². The Labute approximate surface area is 114 Å². The summed E-state index contributed by atoms with van der Waals surface area (Å²) in [4.78, 5) is 13.3. The molecule has 0 unspecified atom stereocenters. The van der Waals surface area contributed by atoms with Crippen molar-refractivity contribution in [1.82, 2.24) is 0 Å². The highest BCUT2D eigenvalue weighted by Gasteiger charge is 2.04. The Kier molecular flexibility index (Phi) is 4.28. The van der Waals surface area contributed by atoms with Gasteiger partial charge in [-0.25, -0.2) is 0 Å². The Morgan fingerprint density at radius 3 is 2.94 bits per heavy atom. The summed E-state index contributed by atoms with van der Waals surface area (Å²) in [6.45, 7) is 0.704. The number of primary amides is 1. The van der Waals surface area contributed by atoms with E-state index in [-0.39, 0.29) is 5.91 Å². The molecule has 0 bridgehead atoms. The molecule has 1 amide bonds. The van der Waals surface area contributed by atoms with Gasteiger partial charge >= 0.3 is 0 Å². The van der Waals surface area contributed by atoms with E-state index in [1.807, 2.05) is 18.2 Å². The van der Waals surface area contributed by atoms with Crippen molar-refractivity contribution in [3.05, 3.63) is 46.2 Å². The summed E-state index contributed by atoms with van der Waals surface area (Å²) in [5.74, 6) is -0.373. The number of thiophene rings is 1. The number of nitrogens with one attached hydrogen (secondary N) is 1. The first kappa shape index (κ1) is 13.0. The zero-order valence-electron chi connectivity index (χ0n) is 9.97. The Morgan fingerprint density at radius 2 is 2.28 bits per heavy atom. The van der Waals surface area contributed by atoms with Crippen LogP contribution in [-0.2, 0) is 6.54 Å². The summed E-state index contributed by atoms with van der Waals surface area (Å²) in [6, 6.07) is 10.1. The number of thioether (sulfide) groups is 1. The standard InChI is InChI=1S/C13H14N2OS2/c1-17-11-4-2-3-10(6-11)15-7-12-5-9(8-18-12)13(14)16/h2-6,8,15H,7H2,1H3,(H2,14,16). The number of hydrogen-bond donors (Lipinski definition) is 2. The molecule has 94 valence electrons. The molecule has 0 saturated carbocycles. The summed E-state index contributed by atoms with van der Waals surface area (Å²) in [5, 5.41) is 5.12. The number of rotatable bonds is 5. The second-order valence-electron chi connectivity index (χ2n) is 3.75. The number of anilines is 1. The van der Waals surface area contributed by atoms with Crippen LogP contribution >= 0.6 is 23.1 Å². The fourth-order valence-corrected chi connectivity index (χ4v) is 2.80. The number of amides is 1. The molecule has 18 heavy (non-hydrogen) atoms. The van der Waals surface area contributed by atoms with Gasteiger partial charge in [0, 0.05) is 27.4 Å². The molecule has 1 heterocycles. The number of hydrogen-bond acceptors (Lipinski definition) is 4. The van der Waals surface area contributed by atoms with Crippen molar-refractivity contribution in [3.8, 4) is 0 Å². The number of nitrogens with two attached hydrogens (primary N) is 1. The molecule has 0 fully saturated rings. The van der Waals surface area contributed by atoms with Gasteiger partial charge in [-0.05, 0) is 30.5 Å². The van der Waals surface area contributed by atoms with Crippen molar-refractivity contribution in [2.24, 2.45) is 5.73 Å². The van der Waals surface area contributed by atoms with E-state index in [1.54, 1.807) is 17.1 Å². The highest BCUT2D eigenvalue weighted by atomic mass is 32.2. The van der Waals surface area contributed by atoms with E-state index in [0.29, 0.717) is 12.1 Å². The SMILES string of the molecule is CSc1cccc(NCc2cc(C(N)=O)cs2)c1. The minimum atomic E-state index is -0.373. The van der Waals surface area contributed by atoms with Crippen LogP contribution in [0.25, 0.3) is 0 Å². The molecule has 3 nitrogen and oxygen atoms in total. The Balaban J connectivity index is 1.99. The summed E-state index contributed by atoms with van der Waals surface area (Å²) in [5.41, 5.74) is 6.87. The fraction of sp³-hybridized carbons (Fsp3) is 0.154. The van der Waals surface area contributed by atoms with E-state index < -0.39 is 0 Å². The molecule has 3 N–H and O–H groups in total. The van der Waals surface area contributed by atoms with Crippen LogP contribution in [0, 0.1) is 0 Å². The maximum absolute atomic E-state index is 11.0. The third-order valence-corrected chi connectivity index (χ3v) is 4.14. The van der Waals surface area contributed by atoms with Crippen LogP contribution in [0.15, 0.2) is 40.6 Å². The largest absolute Gasteiger partial charge is 0.380 e. The molecule has 5 heteroatoms. The molecule has 1 aromatic heterocycles. The molecular formula is C13H14N2OS2. The molecule has 0 aliphatic rings. The normalized spacial score (nSPS) is 10.3. The van der Waals surface area contributed by atoms with Crippen molar-refractivity contribution in [2.45, 2.75) is 11.4 Å². The van der Waals surface area contributed by atoms with Crippen molar-refractivity contribution >= 4 is 34.7 Å². The lowest BCUT2D eigenvalue weighted by Crippen LogP contribution is -2.09. The average Bonchev–Trinajstić information content (AvgIpc) is 2.85. The molecule has 0 spiro atoms. The van der Waals surface area contributed by atoms with E-state index >= 15 is 0 Å². The zero-order valence-corrected chi connectivity index (χ0v) is 11.6. The lowest BCUT2D eigenvalue weighted by atomic mass is 10.3. The van der Waals surface area contributed by atoms with Gasteiger partial charge in [-0.1, -0.05) is 6.07 Å². The van der Waals surface area contributed by atoms with Crippen LogP contribution in [0.5, 0.6) is 0 Å². The monoisotopic (exact) mass is 278 g/mol. The maximum Gasteiger partial charge on any atom is 0.249 e. The fourth-order valence-electron chi connectivity index (χ4n) is 1.52. The van der Waals surface area contributed by atoms with E-state index in [0.717, 1.165) is 10.6 Å². The summed E-state index contributed by atoms with van der Waals surface area (Å²) in [6.07, 6.45) is 2.05. The van der Waals surface area contributed by atoms with Gasteiger partial charge < -0.3 is 11.1 Å². The molecule has 2 aromatic rings. The Morgan fingerprint density at radius 1 is 1.44 bits per heavy atom. The molecule has 0 aliphatic carbocycles. The Hall–Kier alpha value is -1.46. The quantitative estimate of drug-likeness (QED) is 0.826. The highest BCUT2D eigenvalue weighted by molar-refractivity contribution is 7.98. The number of carbonyl (C=O) groups excluding carboxylic acids is 1. The van der Waals surface area contributed by atoms with E-state index in [9.17, 15) is 4.79 Å². The van der Waals surface area contributed by atoms with E-state index in [2.05, 4.69) is 23.7 Å². The lowest BCUT2D eigenvalue weighted by Gasteiger charge is -2.05. The topological polar surface area (TPSA) is 55.1 Å². The number of benzene rings is 1. The predicted molar refractivity (Wildman–Crippen MR) is 78.4 cm³/mol. The molecule has 0 atom stereocenters. The van der Waals surface area contributed by atoms with Crippen LogP contribution in [0.1, 0.15) is 15.2 Å². The van der Waals surface area contributed by atoms with Crippen LogP contribution in [0.2, 0.25) is 0 Å². The Bertz CT molecular complexity index is 551. The third-order valence-electron chi connectivity index (χ3n) is 2.47. The first-order valence-electron chi connectivity index (χ1n) is 5.44. The van der Waals surface area contributed by atoms with Crippen LogP contribution < -0.4 is 11.1 Å². The summed E-state index contributed by atoms with van der Waals surface area (Å²) in [7, 11) is 0. The van der Waals surface area contributed by atoms with Crippen molar-refractivity contribution in [2.75, 3.05) is 11.6 Å². The molecule has 1 aromatic carbocycles. The van der Waals surface area contributed by atoms with Gasteiger partial charge in [-0.2, -0.15) is 0 Å². The zero-order chi connectivity index (χ0) is 13.0. The van der Waals surface area contributed by atoms with Crippen LogP contribution in [-0.4, -0.2) is 12.2 Å². The molecular weight excluding hydrogens is 264 g/mol. The molecule has 0 saturated heterocycles. The lowest BCUT2D eigenvalue weighted by molar-refractivity contribution is 0.100. The van der Waals surface area contributed by atoms with E-state index in [1.165, 1.54) is 16.2 Å².